The van der Waals surface area contributed by atoms with E-state index in [-0.39, 0.29) is 5.41 Å². The van der Waals surface area contributed by atoms with Crippen LogP contribution < -0.4 is 9.80 Å². The fraction of sp³-hybridized carbons (Fsp3) is 0.0645. The molecule has 0 heterocycles. The molecule has 0 fully saturated rings. The van der Waals surface area contributed by atoms with E-state index in [2.05, 4.69) is 254 Å². The van der Waals surface area contributed by atoms with E-state index in [1.807, 2.05) is 0 Å². The van der Waals surface area contributed by atoms with Crippen LogP contribution in [0.4, 0.5) is 34.1 Å². The number of anilines is 6. The highest BCUT2D eigenvalue weighted by molar-refractivity contribution is 6.11. The highest BCUT2D eigenvalue weighted by atomic mass is 15.2. The molecule has 10 aromatic carbocycles. The molecule has 0 bridgehead atoms. The average Bonchev–Trinajstić information content (AvgIpc) is 3.91. The summed E-state index contributed by atoms with van der Waals surface area (Å²) in [4.78, 5) is 4.96. The zero-order valence-corrected chi connectivity index (χ0v) is 35.8. The molecule has 0 aliphatic heterocycles. The van der Waals surface area contributed by atoms with E-state index < -0.39 is 5.41 Å². The summed E-state index contributed by atoms with van der Waals surface area (Å²) >= 11 is 0. The van der Waals surface area contributed by atoms with E-state index >= 15 is 0 Å². The van der Waals surface area contributed by atoms with Gasteiger partial charge >= 0.3 is 0 Å². The maximum absolute atomic E-state index is 2.52. The number of benzene rings is 10. The predicted molar refractivity (Wildman–Crippen MR) is 267 cm³/mol. The number of para-hydroxylation sites is 3. The molecule has 2 nitrogen and oxygen atoms in total. The highest BCUT2D eigenvalue weighted by Crippen LogP contribution is 2.67. The lowest BCUT2D eigenvalue weighted by Gasteiger charge is -2.36. The topological polar surface area (TPSA) is 6.48 Å². The Hall–Kier alpha value is -7.94. The summed E-state index contributed by atoms with van der Waals surface area (Å²) in [7, 11) is 0. The van der Waals surface area contributed by atoms with Gasteiger partial charge in [-0.1, -0.05) is 178 Å². The Morgan fingerprint density at radius 2 is 0.750 bits per heavy atom. The number of rotatable bonds is 6. The maximum Gasteiger partial charge on any atom is 0.0747 e. The summed E-state index contributed by atoms with van der Waals surface area (Å²) in [5.41, 5.74) is 21.8. The van der Waals surface area contributed by atoms with Crippen molar-refractivity contribution in [1.29, 1.82) is 0 Å². The lowest BCUT2D eigenvalue weighted by atomic mass is 9.69. The van der Waals surface area contributed by atoms with Gasteiger partial charge in [-0.25, -0.2) is 0 Å². The van der Waals surface area contributed by atoms with Crippen LogP contribution in [0, 0.1) is 0 Å². The van der Waals surface area contributed by atoms with E-state index in [1.54, 1.807) is 0 Å². The van der Waals surface area contributed by atoms with Crippen LogP contribution in [0.3, 0.4) is 0 Å². The van der Waals surface area contributed by atoms with Crippen molar-refractivity contribution >= 4 is 44.9 Å². The molecule has 64 heavy (non-hydrogen) atoms. The fourth-order valence-corrected chi connectivity index (χ4v) is 11.7. The number of nitrogens with zero attached hydrogens (tertiary/aromatic N) is 2. The lowest BCUT2D eigenvalue weighted by Crippen LogP contribution is -2.28. The number of fused-ring (bicyclic) bond motifs is 15. The predicted octanol–water partition coefficient (Wildman–Crippen LogP) is 16.4. The van der Waals surface area contributed by atoms with Crippen LogP contribution in [0.2, 0.25) is 0 Å². The van der Waals surface area contributed by atoms with Crippen LogP contribution in [0.15, 0.2) is 231 Å². The average molecular weight is 817 g/mol. The van der Waals surface area contributed by atoms with Crippen LogP contribution in [0.5, 0.6) is 0 Å². The molecule has 0 N–H and O–H groups in total. The summed E-state index contributed by atoms with van der Waals surface area (Å²) in [5, 5.41) is 2.48. The van der Waals surface area contributed by atoms with E-state index in [0.29, 0.717) is 0 Å². The van der Waals surface area contributed by atoms with Crippen LogP contribution in [-0.4, -0.2) is 0 Å². The van der Waals surface area contributed by atoms with Crippen molar-refractivity contribution in [3.63, 3.8) is 0 Å². The molecular formula is C62H44N2. The second-order valence-electron chi connectivity index (χ2n) is 18.0. The Bertz CT molecular complexity index is 3440. The second kappa shape index (κ2) is 13.8. The smallest absolute Gasteiger partial charge is 0.0747 e. The van der Waals surface area contributed by atoms with Crippen molar-refractivity contribution in [2.75, 3.05) is 9.80 Å². The van der Waals surface area contributed by atoms with Gasteiger partial charge in [0.25, 0.3) is 0 Å². The Morgan fingerprint density at radius 3 is 1.38 bits per heavy atom. The van der Waals surface area contributed by atoms with Crippen molar-refractivity contribution in [2.45, 2.75) is 24.7 Å². The zero-order chi connectivity index (χ0) is 42.6. The molecule has 0 amide bonds. The van der Waals surface area contributed by atoms with Crippen molar-refractivity contribution in [3.05, 3.63) is 264 Å². The molecule has 1 atom stereocenters. The highest BCUT2D eigenvalue weighted by Gasteiger charge is 2.54. The minimum Gasteiger partial charge on any atom is -0.310 e. The Labute approximate surface area is 375 Å². The largest absolute Gasteiger partial charge is 0.310 e. The molecule has 1 unspecified atom stereocenters. The first-order valence-electron chi connectivity index (χ1n) is 22.4. The molecule has 0 aromatic heterocycles. The van der Waals surface area contributed by atoms with Gasteiger partial charge in [-0.05, 0) is 139 Å². The summed E-state index contributed by atoms with van der Waals surface area (Å²) in [6, 6.07) is 85.8. The van der Waals surface area contributed by atoms with Gasteiger partial charge in [0.05, 0.1) is 11.1 Å². The molecule has 2 heteroatoms. The Kier molecular flexibility index (Phi) is 7.90. The van der Waals surface area contributed by atoms with Crippen LogP contribution >= 0.6 is 0 Å². The normalized spacial score (nSPS) is 15.5. The minimum absolute atomic E-state index is 0.131. The summed E-state index contributed by atoms with van der Waals surface area (Å²) < 4.78 is 0. The molecule has 302 valence electrons. The third-order valence-corrected chi connectivity index (χ3v) is 14.4. The van der Waals surface area contributed by atoms with E-state index in [0.717, 1.165) is 28.4 Å². The fourth-order valence-electron chi connectivity index (χ4n) is 11.7. The first kappa shape index (κ1) is 36.7. The van der Waals surface area contributed by atoms with E-state index in [9.17, 15) is 0 Å². The molecule has 0 saturated heterocycles. The zero-order valence-electron chi connectivity index (χ0n) is 35.8. The minimum atomic E-state index is -0.640. The first-order valence-corrected chi connectivity index (χ1v) is 22.4. The molecule has 13 rings (SSSR count). The maximum atomic E-state index is 2.52. The molecule has 3 aliphatic rings. The van der Waals surface area contributed by atoms with Gasteiger partial charge in [0.1, 0.15) is 0 Å². The number of hydrogen-bond donors (Lipinski definition) is 0. The van der Waals surface area contributed by atoms with Crippen LogP contribution in [-0.2, 0) is 10.8 Å². The molecular weight excluding hydrogens is 773 g/mol. The van der Waals surface area contributed by atoms with Gasteiger partial charge in [0.15, 0.2) is 0 Å². The monoisotopic (exact) mass is 816 g/mol. The van der Waals surface area contributed by atoms with Crippen molar-refractivity contribution in [2.24, 2.45) is 0 Å². The van der Waals surface area contributed by atoms with Gasteiger partial charge in [0.2, 0.25) is 0 Å². The van der Waals surface area contributed by atoms with E-state index in [4.69, 9.17) is 0 Å². The lowest BCUT2D eigenvalue weighted by molar-refractivity contribution is 0.660. The van der Waals surface area contributed by atoms with Gasteiger partial charge in [-0.3, -0.25) is 0 Å². The van der Waals surface area contributed by atoms with E-state index in [1.165, 1.54) is 83.2 Å². The van der Waals surface area contributed by atoms with Gasteiger partial charge in [-0.15, -0.1) is 0 Å². The van der Waals surface area contributed by atoms with Crippen LogP contribution in [0.25, 0.3) is 44.2 Å². The molecule has 1 spiro atoms. The second-order valence-corrected chi connectivity index (χ2v) is 18.0. The van der Waals surface area contributed by atoms with Crippen molar-refractivity contribution < 1.29 is 0 Å². The first-order chi connectivity index (χ1) is 31.5. The molecule has 0 saturated carbocycles. The Morgan fingerprint density at radius 1 is 0.312 bits per heavy atom. The third kappa shape index (κ3) is 5.02. The molecule has 10 aromatic rings. The summed E-state index contributed by atoms with van der Waals surface area (Å²) in [5.74, 6) is 0. The quantitative estimate of drug-likeness (QED) is 0.165. The standard InChI is InChI=1S/C62H44N2/c1-61(2)53-31-17-14-28-48(53)50-36-34-45(39-56(50)61)63(42-21-6-3-7-22-42)46-35-37-51-49-29-15-18-32-54(49)62(57(51)40-46)55-33-19-16-30-52(55)59-47-27-13-12-20-41(47)38-58(60(59)62)64(43-23-8-4-9-24-43)44-25-10-5-11-26-44/h3-40H,1-2H3. The third-order valence-electron chi connectivity index (χ3n) is 14.4. The number of hydrogen-bond acceptors (Lipinski definition) is 2. The Balaban J connectivity index is 1.13. The van der Waals surface area contributed by atoms with Crippen LogP contribution in [0.1, 0.15) is 47.2 Å². The van der Waals surface area contributed by atoms with Gasteiger partial charge in [0, 0.05) is 39.4 Å². The summed E-state index contributed by atoms with van der Waals surface area (Å²) in [6.07, 6.45) is 0. The van der Waals surface area contributed by atoms with Crippen molar-refractivity contribution in [1.82, 2.24) is 0 Å². The summed E-state index contributed by atoms with van der Waals surface area (Å²) in [6.45, 7) is 4.74. The molecule has 0 radical (unpaired) electrons. The van der Waals surface area contributed by atoms with Crippen molar-refractivity contribution in [3.8, 4) is 33.4 Å². The molecule has 3 aliphatic carbocycles. The van der Waals surface area contributed by atoms with Gasteiger partial charge in [-0.2, -0.15) is 0 Å². The van der Waals surface area contributed by atoms with Gasteiger partial charge < -0.3 is 9.80 Å². The SMILES string of the molecule is CC1(C)c2ccccc2-c2ccc(N(c3ccccc3)c3ccc4c(c3)C3(c5ccccc5-4)c4ccccc4-c4c3c(N(c3ccccc3)c3ccccc3)cc3ccccc43)cc21.